The average molecular weight is 338 g/mol. The quantitative estimate of drug-likeness (QED) is 0.866. The standard InChI is InChI=1S/C20H22N2O3/c1-14-20(2,25-14)18-22(19(23)21-16-11-7-4-8-12-16)17(13-24-18)15-9-5-3-6-10-15/h3-12,14,17-18H,13H2,1-2H3,(H,21,23)/t14-,17-,18+,20+/m1/s1. The monoisotopic (exact) mass is 338 g/mol. The third-order valence-electron chi connectivity index (χ3n) is 5.12. The average Bonchev–Trinajstić information content (AvgIpc) is 3.06. The van der Waals surface area contributed by atoms with E-state index in [4.69, 9.17) is 9.47 Å². The van der Waals surface area contributed by atoms with Crippen molar-refractivity contribution in [3.63, 3.8) is 0 Å². The number of carbonyl (C=O) groups excluding carboxylic acids is 1. The molecule has 4 atom stereocenters. The van der Waals surface area contributed by atoms with E-state index in [-0.39, 0.29) is 18.2 Å². The molecule has 0 aromatic heterocycles. The summed E-state index contributed by atoms with van der Waals surface area (Å²) in [6.07, 6.45) is -0.338. The molecule has 2 saturated heterocycles. The first-order valence-electron chi connectivity index (χ1n) is 8.58. The lowest BCUT2D eigenvalue weighted by molar-refractivity contribution is -0.00665. The summed E-state index contributed by atoms with van der Waals surface area (Å²) in [5, 5.41) is 2.98. The van der Waals surface area contributed by atoms with Crippen LogP contribution in [0.15, 0.2) is 60.7 Å². The molecule has 2 aromatic rings. The molecule has 2 heterocycles. The van der Waals surface area contributed by atoms with Gasteiger partial charge in [-0.3, -0.25) is 4.90 Å². The fourth-order valence-electron chi connectivity index (χ4n) is 3.44. The number of ether oxygens (including phenoxy) is 2. The molecular weight excluding hydrogens is 316 g/mol. The van der Waals surface area contributed by atoms with Crippen molar-refractivity contribution in [2.45, 2.75) is 37.8 Å². The highest BCUT2D eigenvalue weighted by atomic mass is 16.6. The van der Waals surface area contributed by atoms with E-state index in [2.05, 4.69) is 5.32 Å². The molecule has 1 N–H and O–H groups in total. The number of benzene rings is 2. The molecule has 0 unspecified atom stereocenters. The minimum atomic E-state index is -0.461. The number of amides is 2. The molecular formula is C20H22N2O3. The molecule has 0 aliphatic carbocycles. The molecule has 5 heteroatoms. The Hall–Kier alpha value is -2.37. The SMILES string of the molecule is C[C@H]1O[C@]1(C)[C@@H]1OC[C@H](c2ccccc2)N1C(=O)Nc1ccccc1. The van der Waals surface area contributed by atoms with Gasteiger partial charge in [0.25, 0.3) is 0 Å². The van der Waals surface area contributed by atoms with Crippen LogP contribution in [-0.4, -0.2) is 35.5 Å². The van der Waals surface area contributed by atoms with Gasteiger partial charge in [0, 0.05) is 5.69 Å². The predicted molar refractivity (Wildman–Crippen MR) is 95.2 cm³/mol. The maximum atomic E-state index is 13.1. The third kappa shape index (κ3) is 2.90. The first kappa shape index (κ1) is 16.1. The fraction of sp³-hybridized carbons (Fsp3) is 0.350. The first-order valence-corrected chi connectivity index (χ1v) is 8.58. The minimum absolute atomic E-state index is 0.0686. The number of hydrogen-bond acceptors (Lipinski definition) is 3. The number of para-hydroxylation sites is 1. The number of rotatable bonds is 3. The van der Waals surface area contributed by atoms with Crippen molar-refractivity contribution in [1.29, 1.82) is 0 Å². The molecule has 0 radical (unpaired) electrons. The molecule has 2 aliphatic heterocycles. The number of epoxide rings is 1. The summed E-state index contributed by atoms with van der Waals surface area (Å²) in [4.78, 5) is 14.9. The highest BCUT2D eigenvalue weighted by molar-refractivity contribution is 5.90. The Kier molecular flexibility index (Phi) is 3.98. The molecule has 2 aromatic carbocycles. The van der Waals surface area contributed by atoms with Crippen molar-refractivity contribution in [1.82, 2.24) is 4.90 Å². The van der Waals surface area contributed by atoms with E-state index < -0.39 is 11.8 Å². The lowest BCUT2D eigenvalue weighted by Gasteiger charge is -2.31. The second kappa shape index (κ2) is 6.17. The van der Waals surface area contributed by atoms with Crippen LogP contribution in [0.4, 0.5) is 10.5 Å². The van der Waals surface area contributed by atoms with Crippen LogP contribution in [0.25, 0.3) is 0 Å². The summed E-state index contributed by atoms with van der Waals surface area (Å²) in [5.41, 5.74) is 1.36. The van der Waals surface area contributed by atoms with Gasteiger partial charge in [-0.2, -0.15) is 0 Å². The van der Waals surface area contributed by atoms with Crippen LogP contribution in [0.2, 0.25) is 0 Å². The Bertz CT molecular complexity index is 752. The van der Waals surface area contributed by atoms with Crippen LogP contribution >= 0.6 is 0 Å². The summed E-state index contributed by atoms with van der Waals surface area (Å²) in [7, 11) is 0. The number of anilines is 1. The predicted octanol–water partition coefficient (Wildman–Crippen LogP) is 3.80. The summed E-state index contributed by atoms with van der Waals surface area (Å²) >= 11 is 0. The Balaban J connectivity index is 1.63. The zero-order chi connectivity index (χ0) is 17.4. The van der Waals surface area contributed by atoms with Gasteiger partial charge in [-0.1, -0.05) is 48.5 Å². The maximum absolute atomic E-state index is 13.1. The molecule has 2 fully saturated rings. The van der Waals surface area contributed by atoms with Crippen LogP contribution < -0.4 is 5.32 Å². The second-order valence-electron chi connectivity index (χ2n) is 6.76. The van der Waals surface area contributed by atoms with E-state index in [1.165, 1.54) is 0 Å². The fourth-order valence-corrected chi connectivity index (χ4v) is 3.44. The Morgan fingerprint density at radius 2 is 1.72 bits per heavy atom. The highest BCUT2D eigenvalue weighted by Crippen LogP contribution is 2.46. The smallest absolute Gasteiger partial charge is 0.324 e. The van der Waals surface area contributed by atoms with Crippen LogP contribution in [0, 0.1) is 0 Å². The lowest BCUT2D eigenvalue weighted by Crippen LogP contribution is -2.48. The van der Waals surface area contributed by atoms with Gasteiger partial charge in [-0.25, -0.2) is 4.79 Å². The Morgan fingerprint density at radius 3 is 2.32 bits per heavy atom. The van der Waals surface area contributed by atoms with E-state index in [0.717, 1.165) is 11.3 Å². The van der Waals surface area contributed by atoms with Crippen molar-refractivity contribution < 1.29 is 14.3 Å². The molecule has 5 nitrogen and oxygen atoms in total. The molecule has 2 amide bonds. The van der Waals surface area contributed by atoms with Gasteiger partial charge in [0.2, 0.25) is 0 Å². The first-order chi connectivity index (χ1) is 12.1. The van der Waals surface area contributed by atoms with Crippen molar-refractivity contribution in [3.05, 3.63) is 66.2 Å². The van der Waals surface area contributed by atoms with Crippen LogP contribution in [0.3, 0.4) is 0 Å². The van der Waals surface area contributed by atoms with Crippen molar-refractivity contribution in [2.75, 3.05) is 11.9 Å². The van der Waals surface area contributed by atoms with Gasteiger partial charge in [-0.05, 0) is 31.5 Å². The molecule has 0 spiro atoms. The largest absolute Gasteiger partial charge is 0.362 e. The maximum Gasteiger partial charge on any atom is 0.324 e. The zero-order valence-electron chi connectivity index (χ0n) is 14.4. The van der Waals surface area contributed by atoms with Gasteiger partial charge in [0.1, 0.15) is 5.60 Å². The molecule has 0 bridgehead atoms. The Morgan fingerprint density at radius 1 is 1.12 bits per heavy atom. The van der Waals surface area contributed by atoms with Crippen molar-refractivity contribution >= 4 is 11.7 Å². The van der Waals surface area contributed by atoms with Crippen LogP contribution in [0.5, 0.6) is 0 Å². The topological polar surface area (TPSA) is 54.1 Å². The van der Waals surface area contributed by atoms with Gasteiger partial charge in [0.05, 0.1) is 18.8 Å². The van der Waals surface area contributed by atoms with E-state index in [9.17, 15) is 4.79 Å². The second-order valence-corrected chi connectivity index (χ2v) is 6.76. The number of nitrogens with one attached hydrogen (secondary N) is 1. The number of carbonyl (C=O) groups is 1. The van der Waals surface area contributed by atoms with Crippen LogP contribution in [-0.2, 0) is 9.47 Å². The molecule has 130 valence electrons. The van der Waals surface area contributed by atoms with Gasteiger partial charge in [0.15, 0.2) is 6.23 Å². The van der Waals surface area contributed by atoms with Crippen molar-refractivity contribution in [2.24, 2.45) is 0 Å². The minimum Gasteiger partial charge on any atom is -0.362 e. The number of urea groups is 1. The molecule has 2 aliphatic rings. The summed E-state index contributed by atoms with van der Waals surface area (Å²) in [5.74, 6) is 0. The van der Waals surface area contributed by atoms with Gasteiger partial charge in [-0.15, -0.1) is 0 Å². The van der Waals surface area contributed by atoms with E-state index in [1.807, 2.05) is 74.5 Å². The summed E-state index contributed by atoms with van der Waals surface area (Å²) in [6, 6.07) is 19.1. The molecule has 0 saturated carbocycles. The van der Waals surface area contributed by atoms with E-state index >= 15 is 0 Å². The third-order valence-corrected chi connectivity index (χ3v) is 5.12. The highest BCUT2D eigenvalue weighted by Gasteiger charge is 2.61. The molecule has 4 rings (SSSR count). The summed E-state index contributed by atoms with van der Waals surface area (Å²) in [6.45, 7) is 4.47. The van der Waals surface area contributed by atoms with Crippen LogP contribution in [0.1, 0.15) is 25.5 Å². The number of hydrogen-bond donors (Lipinski definition) is 1. The van der Waals surface area contributed by atoms with E-state index in [1.54, 1.807) is 4.90 Å². The zero-order valence-corrected chi connectivity index (χ0v) is 14.4. The summed E-state index contributed by atoms with van der Waals surface area (Å²) < 4.78 is 11.8. The normalized spacial score (nSPS) is 31.0. The van der Waals surface area contributed by atoms with E-state index in [0.29, 0.717) is 6.61 Å². The van der Waals surface area contributed by atoms with Gasteiger partial charge < -0.3 is 14.8 Å². The lowest BCUT2D eigenvalue weighted by atomic mass is 10.0. The number of nitrogens with zero attached hydrogens (tertiary/aromatic N) is 1. The van der Waals surface area contributed by atoms with Gasteiger partial charge >= 0.3 is 6.03 Å². The Labute approximate surface area is 147 Å². The van der Waals surface area contributed by atoms with Crippen molar-refractivity contribution in [3.8, 4) is 0 Å². The molecule has 25 heavy (non-hydrogen) atoms.